The van der Waals surface area contributed by atoms with Crippen molar-refractivity contribution in [3.63, 3.8) is 0 Å². The summed E-state index contributed by atoms with van der Waals surface area (Å²) in [6, 6.07) is 5.99. The minimum absolute atomic E-state index is 0.128. The van der Waals surface area contributed by atoms with Gasteiger partial charge in [-0.1, -0.05) is 17.7 Å². The average molecular weight is 384 g/mol. The van der Waals surface area contributed by atoms with Gasteiger partial charge in [-0.2, -0.15) is 13.2 Å². The Morgan fingerprint density at radius 1 is 0.923 bits per heavy atom. The number of Topliss-reactive ketones (excluding diaryl/α,β-unsaturated/α-hetero) is 2. The molecule has 0 heterocycles. The first-order valence-corrected chi connectivity index (χ1v) is 7.47. The molecule has 0 aliphatic heterocycles. The predicted molar refractivity (Wildman–Crippen MR) is 86.4 cm³/mol. The van der Waals surface area contributed by atoms with Gasteiger partial charge in [0.25, 0.3) is 0 Å². The molecule has 1 aliphatic rings. The maximum Gasteiger partial charge on any atom is 0.416 e. The fraction of sp³-hybridized carbons (Fsp3) is 0.0588. The summed E-state index contributed by atoms with van der Waals surface area (Å²) < 4.78 is 38.4. The Hall–Kier alpha value is -3.00. The highest BCUT2D eigenvalue weighted by Gasteiger charge is 2.36. The summed E-state index contributed by atoms with van der Waals surface area (Å²) in [5.41, 5.74) is -2.53. The molecule has 134 valence electrons. The van der Waals surface area contributed by atoms with Crippen LogP contribution in [0.3, 0.4) is 0 Å². The molecule has 1 aliphatic carbocycles. The Morgan fingerprint density at radius 2 is 1.50 bits per heavy atom. The van der Waals surface area contributed by atoms with Gasteiger partial charge >= 0.3 is 6.18 Å². The largest absolute Gasteiger partial charge is 0.507 e. The van der Waals surface area contributed by atoms with Crippen LogP contribution in [-0.4, -0.2) is 21.8 Å². The second kappa shape index (κ2) is 6.06. The molecule has 0 saturated carbocycles. The topological polar surface area (TPSA) is 86.6 Å². The molecule has 0 saturated heterocycles. The van der Waals surface area contributed by atoms with E-state index in [1.165, 1.54) is 6.07 Å². The molecule has 0 atom stereocenters. The molecule has 0 unspecified atom stereocenters. The van der Waals surface area contributed by atoms with Crippen LogP contribution < -0.4 is 5.32 Å². The van der Waals surface area contributed by atoms with Crippen molar-refractivity contribution in [1.82, 2.24) is 0 Å². The third kappa shape index (κ3) is 2.88. The number of nitrogens with one attached hydrogen (secondary N) is 1. The molecule has 0 bridgehead atoms. The number of aromatic hydroxyl groups is 2. The number of alkyl halides is 3. The number of phenolic OH excluding ortho intramolecular Hbond substituents is 2. The van der Waals surface area contributed by atoms with Gasteiger partial charge in [0.1, 0.15) is 22.2 Å². The van der Waals surface area contributed by atoms with Crippen molar-refractivity contribution in [2.24, 2.45) is 0 Å². The molecule has 0 radical (unpaired) electrons. The zero-order valence-electron chi connectivity index (χ0n) is 12.7. The van der Waals surface area contributed by atoms with Crippen LogP contribution in [0.4, 0.5) is 18.9 Å². The maximum absolute atomic E-state index is 12.8. The summed E-state index contributed by atoms with van der Waals surface area (Å²) in [4.78, 5) is 24.9. The van der Waals surface area contributed by atoms with Crippen LogP contribution in [0.2, 0.25) is 0 Å². The van der Waals surface area contributed by atoms with Crippen LogP contribution in [0.15, 0.2) is 47.1 Å². The van der Waals surface area contributed by atoms with Crippen molar-refractivity contribution >= 4 is 28.9 Å². The van der Waals surface area contributed by atoms with Gasteiger partial charge < -0.3 is 15.5 Å². The second-order valence-corrected chi connectivity index (χ2v) is 5.78. The molecule has 0 spiro atoms. The quantitative estimate of drug-likeness (QED) is 0.681. The monoisotopic (exact) mass is 383 g/mol. The fourth-order valence-electron chi connectivity index (χ4n) is 2.52. The Morgan fingerprint density at radius 3 is 2.08 bits per heavy atom. The van der Waals surface area contributed by atoms with E-state index in [-0.39, 0.29) is 5.69 Å². The highest BCUT2D eigenvalue weighted by atomic mass is 35.5. The standard InChI is InChI=1S/C17H9ClF3NO4/c18-13-14(22-8-3-1-2-7(6-8)17(19,20)21)16(26)12-10(24)5-4-9(23)11(12)15(13)25/h1-6,22-24H. The minimum Gasteiger partial charge on any atom is -0.507 e. The summed E-state index contributed by atoms with van der Waals surface area (Å²) in [5, 5.41) is 21.4. The number of allylic oxidation sites excluding steroid dienone is 2. The number of carbonyl (C=O) groups is 2. The molecule has 9 heteroatoms. The van der Waals surface area contributed by atoms with Crippen LogP contribution in [0, 0.1) is 0 Å². The lowest BCUT2D eigenvalue weighted by atomic mass is 9.90. The summed E-state index contributed by atoms with van der Waals surface area (Å²) in [5.74, 6) is -2.99. The number of hydrogen-bond acceptors (Lipinski definition) is 5. The predicted octanol–water partition coefficient (Wildman–Crippen LogP) is 4.06. The summed E-state index contributed by atoms with van der Waals surface area (Å²) >= 11 is 5.89. The summed E-state index contributed by atoms with van der Waals surface area (Å²) in [6.07, 6.45) is -4.60. The fourth-order valence-corrected chi connectivity index (χ4v) is 2.75. The summed E-state index contributed by atoms with van der Waals surface area (Å²) in [7, 11) is 0. The van der Waals surface area contributed by atoms with Gasteiger partial charge in [-0.05, 0) is 30.3 Å². The molecule has 3 N–H and O–H groups in total. The van der Waals surface area contributed by atoms with E-state index in [2.05, 4.69) is 5.32 Å². The van der Waals surface area contributed by atoms with Crippen LogP contribution in [0.5, 0.6) is 11.5 Å². The minimum atomic E-state index is -4.60. The van der Waals surface area contributed by atoms with Gasteiger partial charge in [-0.15, -0.1) is 0 Å². The lowest BCUT2D eigenvalue weighted by Crippen LogP contribution is -2.24. The van der Waals surface area contributed by atoms with Gasteiger partial charge in [0.15, 0.2) is 0 Å². The Bertz CT molecular complexity index is 982. The molecule has 0 amide bonds. The number of fused-ring (bicyclic) bond motifs is 1. The molecular formula is C17H9ClF3NO4. The molecule has 2 aromatic rings. The molecule has 0 aromatic heterocycles. The third-order valence-corrected chi connectivity index (χ3v) is 4.08. The number of benzene rings is 2. The number of rotatable bonds is 2. The van der Waals surface area contributed by atoms with E-state index in [4.69, 9.17) is 11.6 Å². The van der Waals surface area contributed by atoms with Gasteiger partial charge in [0, 0.05) is 5.69 Å². The molecule has 2 aromatic carbocycles. The van der Waals surface area contributed by atoms with E-state index in [0.29, 0.717) is 0 Å². The van der Waals surface area contributed by atoms with Crippen LogP contribution in [-0.2, 0) is 6.18 Å². The van der Waals surface area contributed by atoms with Crippen LogP contribution in [0.25, 0.3) is 0 Å². The molecule has 5 nitrogen and oxygen atoms in total. The van der Waals surface area contributed by atoms with Crippen LogP contribution >= 0.6 is 11.6 Å². The van der Waals surface area contributed by atoms with Crippen molar-refractivity contribution in [3.05, 3.63) is 63.8 Å². The van der Waals surface area contributed by atoms with Gasteiger partial charge in [0.2, 0.25) is 11.6 Å². The first-order chi connectivity index (χ1) is 12.1. The third-order valence-electron chi connectivity index (χ3n) is 3.72. The molecular weight excluding hydrogens is 375 g/mol. The molecule has 0 fully saturated rings. The molecule has 3 rings (SSSR count). The second-order valence-electron chi connectivity index (χ2n) is 5.40. The van der Waals surface area contributed by atoms with Crippen molar-refractivity contribution in [2.45, 2.75) is 6.18 Å². The van der Waals surface area contributed by atoms with Gasteiger partial charge in [-0.25, -0.2) is 0 Å². The number of ketones is 2. The zero-order chi connectivity index (χ0) is 19.2. The first-order valence-electron chi connectivity index (χ1n) is 7.09. The Balaban J connectivity index is 2.07. The van der Waals surface area contributed by atoms with E-state index in [0.717, 1.165) is 30.3 Å². The number of phenols is 2. The van der Waals surface area contributed by atoms with Crippen molar-refractivity contribution in [2.75, 3.05) is 5.32 Å². The van der Waals surface area contributed by atoms with Crippen molar-refractivity contribution in [3.8, 4) is 11.5 Å². The molecule has 26 heavy (non-hydrogen) atoms. The van der Waals surface area contributed by atoms with Crippen molar-refractivity contribution < 1.29 is 33.0 Å². The average Bonchev–Trinajstić information content (AvgIpc) is 2.58. The first kappa shape index (κ1) is 17.8. The van der Waals surface area contributed by atoms with E-state index < -0.39 is 56.7 Å². The van der Waals surface area contributed by atoms with E-state index in [1.54, 1.807) is 0 Å². The van der Waals surface area contributed by atoms with E-state index in [9.17, 15) is 33.0 Å². The van der Waals surface area contributed by atoms with Gasteiger partial charge in [0.05, 0.1) is 16.7 Å². The number of halogens is 4. The van der Waals surface area contributed by atoms with Crippen LogP contribution in [0.1, 0.15) is 26.3 Å². The lowest BCUT2D eigenvalue weighted by Gasteiger charge is -2.21. The van der Waals surface area contributed by atoms with E-state index in [1.807, 2.05) is 0 Å². The van der Waals surface area contributed by atoms with Gasteiger partial charge in [-0.3, -0.25) is 9.59 Å². The normalized spacial score (nSPS) is 14.5. The summed E-state index contributed by atoms with van der Waals surface area (Å²) in [6.45, 7) is 0. The lowest BCUT2D eigenvalue weighted by molar-refractivity contribution is -0.137. The smallest absolute Gasteiger partial charge is 0.416 e. The number of hydrogen-bond donors (Lipinski definition) is 3. The van der Waals surface area contributed by atoms with Crippen molar-refractivity contribution in [1.29, 1.82) is 0 Å². The number of carbonyl (C=O) groups excluding carboxylic acids is 2. The Labute approximate surface area is 149 Å². The Kier molecular flexibility index (Phi) is 4.15. The van der Waals surface area contributed by atoms with E-state index >= 15 is 0 Å². The SMILES string of the molecule is O=C1C(Cl)=C(Nc2cccc(C(F)(F)F)c2)C(=O)c2c(O)ccc(O)c21. The zero-order valence-corrected chi connectivity index (χ0v) is 13.4. The number of anilines is 1. The highest BCUT2D eigenvalue weighted by molar-refractivity contribution is 6.50. The maximum atomic E-state index is 12.8. The highest BCUT2D eigenvalue weighted by Crippen LogP contribution is 2.39.